The van der Waals surface area contributed by atoms with Crippen LogP contribution in [0.4, 0.5) is 0 Å². The van der Waals surface area contributed by atoms with Crippen LogP contribution in [0.1, 0.15) is 27.2 Å². The Balaban J connectivity index is 1.56. The van der Waals surface area contributed by atoms with Gasteiger partial charge in [-0.05, 0) is 49.1 Å². The predicted octanol–water partition coefficient (Wildman–Crippen LogP) is 4.85. The number of rotatable bonds is 4. The lowest BCUT2D eigenvalue weighted by atomic mass is 10.2. The maximum absolute atomic E-state index is 13.3. The molecule has 2 aromatic heterocycles. The molecular formula is C24H22N4OS. The third-order valence-corrected chi connectivity index (χ3v) is 6.34. The fourth-order valence-electron chi connectivity index (χ4n) is 4.05. The highest BCUT2D eigenvalue weighted by Crippen LogP contribution is 2.33. The van der Waals surface area contributed by atoms with Crippen LogP contribution in [-0.2, 0) is 13.1 Å². The van der Waals surface area contributed by atoms with Gasteiger partial charge in [-0.25, -0.2) is 4.68 Å². The molecule has 2 aromatic carbocycles. The monoisotopic (exact) mass is 414 g/mol. The second-order valence-electron chi connectivity index (χ2n) is 7.40. The van der Waals surface area contributed by atoms with E-state index >= 15 is 0 Å². The number of aryl methyl sites for hydroxylation is 1. The number of amides is 1. The number of carbonyl (C=O) groups is 1. The molecule has 0 saturated carbocycles. The molecule has 5 rings (SSSR count). The number of benzene rings is 2. The first-order chi connectivity index (χ1) is 14.7. The summed E-state index contributed by atoms with van der Waals surface area (Å²) in [6.45, 7) is 3.16. The van der Waals surface area contributed by atoms with E-state index in [2.05, 4.69) is 23.6 Å². The number of hydrogen-bond acceptors (Lipinski definition) is 3. The zero-order valence-electron chi connectivity index (χ0n) is 16.9. The topological polar surface area (TPSA) is 43.1 Å². The van der Waals surface area contributed by atoms with Gasteiger partial charge in [0.05, 0.1) is 30.0 Å². The Labute approximate surface area is 179 Å². The summed E-state index contributed by atoms with van der Waals surface area (Å²) in [5.74, 6) is 1.05. The van der Waals surface area contributed by atoms with Crippen LogP contribution >= 0.6 is 11.8 Å². The summed E-state index contributed by atoms with van der Waals surface area (Å²) in [5.41, 5.74) is 5.03. The van der Waals surface area contributed by atoms with E-state index in [9.17, 15) is 4.79 Å². The van der Waals surface area contributed by atoms with E-state index in [1.165, 1.54) is 0 Å². The Morgan fingerprint density at radius 3 is 2.47 bits per heavy atom. The molecule has 0 N–H and O–H groups in total. The summed E-state index contributed by atoms with van der Waals surface area (Å²) in [7, 11) is 0. The molecule has 1 aliphatic rings. The molecule has 0 fully saturated rings. The third-order valence-electron chi connectivity index (χ3n) is 5.55. The van der Waals surface area contributed by atoms with Crippen molar-refractivity contribution in [3.63, 3.8) is 0 Å². The molecule has 0 radical (unpaired) electrons. The quantitative estimate of drug-likeness (QED) is 0.449. The van der Waals surface area contributed by atoms with Crippen LogP contribution in [0.3, 0.4) is 0 Å². The molecule has 3 heterocycles. The summed E-state index contributed by atoms with van der Waals surface area (Å²) in [5, 5.41) is 4.94. The summed E-state index contributed by atoms with van der Waals surface area (Å²) >= 11 is 1.60. The number of carbonyl (C=O) groups excluding carboxylic acids is 1. The van der Waals surface area contributed by atoms with Gasteiger partial charge in [-0.15, -0.1) is 11.8 Å². The maximum atomic E-state index is 13.3. The smallest absolute Gasteiger partial charge is 0.255 e. The molecule has 30 heavy (non-hydrogen) atoms. The molecule has 0 unspecified atom stereocenters. The van der Waals surface area contributed by atoms with Crippen LogP contribution in [0.2, 0.25) is 0 Å². The lowest BCUT2D eigenvalue weighted by Gasteiger charge is -2.19. The first-order valence-electron chi connectivity index (χ1n) is 9.90. The number of para-hydroxylation sites is 1. The highest BCUT2D eigenvalue weighted by atomic mass is 32.2. The number of aromatic nitrogens is 3. The number of hydrogen-bond donors (Lipinski definition) is 0. The molecule has 5 nitrogen and oxygen atoms in total. The Morgan fingerprint density at radius 2 is 1.70 bits per heavy atom. The van der Waals surface area contributed by atoms with E-state index in [-0.39, 0.29) is 5.91 Å². The van der Waals surface area contributed by atoms with Gasteiger partial charge in [0, 0.05) is 22.9 Å². The van der Waals surface area contributed by atoms with E-state index in [4.69, 9.17) is 5.10 Å². The average molecular weight is 415 g/mol. The Hall–Kier alpha value is -3.25. The molecule has 0 aliphatic carbocycles. The van der Waals surface area contributed by atoms with Gasteiger partial charge in [-0.2, -0.15) is 5.10 Å². The van der Waals surface area contributed by atoms with Gasteiger partial charge in [0.15, 0.2) is 0 Å². The molecule has 1 aliphatic heterocycles. The van der Waals surface area contributed by atoms with Crippen LogP contribution in [0.15, 0.2) is 78.0 Å². The summed E-state index contributed by atoms with van der Waals surface area (Å²) in [4.78, 5) is 16.2. The fraction of sp³-hybridized carbons (Fsp3) is 0.167. The zero-order valence-corrected chi connectivity index (χ0v) is 17.8. The minimum absolute atomic E-state index is 0.0545. The Kier molecular flexibility index (Phi) is 4.71. The van der Waals surface area contributed by atoms with E-state index in [1.807, 2.05) is 76.8 Å². The van der Waals surface area contributed by atoms with Crippen molar-refractivity contribution < 1.29 is 4.79 Å². The van der Waals surface area contributed by atoms with Gasteiger partial charge < -0.3 is 9.47 Å². The molecule has 150 valence electrons. The van der Waals surface area contributed by atoms with E-state index in [0.717, 1.165) is 38.8 Å². The lowest BCUT2D eigenvalue weighted by Crippen LogP contribution is -2.27. The van der Waals surface area contributed by atoms with Gasteiger partial charge in [0.25, 0.3) is 5.91 Å². The van der Waals surface area contributed by atoms with Crippen LogP contribution in [0, 0.1) is 6.92 Å². The van der Waals surface area contributed by atoms with E-state index in [1.54, 1.807) is 11.8 Å². The predicted molar refractivity (Wildman–Crippen MR) is 119 cm³/mol. The average Bonchev–Trinajstić information content (AvgIpc) is 3.49. The van der Waals surface area contributed by atoms with E-state index in [0.29, 0.717) is 13.1 Å². The van der Waals surface area contributed by atoms with Crippen molar-refractivity contribution in [2.24, 2.45) is 0 Å². The van der Waals surface area contributed by atoms with Gasteiger partial charge in [0.1, 0.15) is 5.82 Å². The maximum Gasteiger partial charge on any atom is 0.255 e. The SMILES string of the molecule is CSc1ccccc1C(=O)N1Cc2nn(-c3ccccc3C)c(-n3cccc3)c2C1. The summed E-state index contributed by atoms with van der Waals surface area (Å²) < 4.78 is 4.10. The zero-order chi connectivity index (χ0) is 20.7. The highest BCUT2D eigenvalue weighted by Gasteiger charge is 2.32. The van der Waals surface area contributed by atoms with Crippen LogP contribution in [0.25, 0.3) is 11.5 Å². The first kappa shape index (κ1) is 18.8. The molecule has 0 atom stereocenters. The van der Waals surface area contributed by atoms with Crippen molar-refractivity contribution in [3.8, 4) is 11.5 Å². The summed E-state index contributed by atoms with van der Waals surface area (Å²) in [6, 6.07) is 20.1. The van der Waals surface area contributed by atoms with Crippen LogP contribution in [-0.4, -0.2) is 31.4 Å². The van der Waals surface area contributed by atoms with Crippen molar-refractivity contribution in [1.82, 2.24) is 19.2 Å². The second-order valence-corrected chi connectivity index (χ2v) is 8.25. The highest BCUT2D eigenvalue weighted by molar-refractivity contribution is 7.98. The molecule has 0 spiro atoms. The minimum Gasteiger partial charge on any atom is -0.328 e. The van der Waals surface area contributed by atoms with Crippen molar-refractivity contribution in [2.45, 2.75) is 24.9 Å². The summed E-state index contributed by atoms with van der Waals surface area (Å²) in [6.07, 6.45) is 6.06. The van der Waals surface area contributed by atoms with Crippen LogP contribution < -0.4 is 0 Å². The largest absolute Gasteiger partial charge is 0.328 e. The molecule has 6 heteroatoms. The fourth-order valence-corrected chi connectivity index (χ4v) is 4.64. The van der Waals surface area contributed by atoms with Crippen molar-refractivity contribution in [1.29, 1.82) is 0 Å². The molecular weight excluding hydrogens is 392 g/mol. The number of nitrogens with zero attached hydrogens (tertiary/aromatic N) is 4. The second kappa shape index (κ2) is 7.54. The van der Waals surface area contributed by atoms with Gasteiger partial charge in [-0.3, -0.25) is 4.79 Å². The van der Waals surface area contributed by atoms with E-state index < -0.39 is 0 Å². The van der Waals surface area contributed by atoms with Crippen molar-refractivity contribution in [2.75, 3.05) is 6.26 Å². The minimum atomic E-state index is 0.0545. The first-order valence-corrected chi connectivity index (χ1v) is 11.1. The Morgan fingerprint density at radius 1 is 0.967 bits per heavy atom. The standard InChI is InChI=1S/C24H22N4OS/c1-17-9-3-5-11-21(17)28-23(26-13-7-8-14-26)19-15-27(16-20(19)25-28)24(29)18-10-4-6-12-22(18)30-2/h3-14H,15-16H2,1-2H3. The normalized spacial score (nSPS) is 12.9. The molecule has 1 amide bonds. The third kappa shape index (κ3) is 3.04. The lowest BCUT2D eigenvalue weighted by molar-refractivity contribution is 0.0745. The number of fused-ring (bicyclic) bond motifs is 1. The number of thioether (sulfide) groups is 1. The molecule has 4 aromatic rings. The van der Waals surface area contributed by atoms with Gasteiger partial charge >= 0.3 is 0 Å². The van der Waals surface area contributed by atoms with Gasteiger partial charge in [0.2, 0.25) is 0 Å². The molecule has 0 bridgehead atoms. The van der Waals surface area contributed by atoms with Crippen molar-refractivity contribution in [3.05, 3.63) is 95.4 Å². The Bertz CT molecular complexity index is 1230. The van der Waals surface area contributed by atoms with Gasteiger partial charge in [-0.1, -0.05) is 30.3 Å². The van der Waals surface area contributed by atoms with Crippen molar-refractivity contribution >= 4 is 17.7 Å². The molecule has 0 saturated heterocycles. The van der Waals surface area contributed by atoms with Crippen LogP contribution in [0.5, 0.6) is 0 Å².